The van der Waals surface area contributed by atoms with E-state index in [1.165, 1.54) is 11.6 Å². The van der Waals surface area contributed by atoms with Gasteiger partial charge in [0.2, 0.25) is 5.91 Å². The molecule has 2 N–H and O–H groups in total. The first kappa shape index (κ1) is 22.6. The highest BCUT2D eigenvalue weighted by Gasteiger charge is 2.32. The lowest BCUT2D eigenvalue weighted by atomic mass is 9.86. The Hall–Kier alpha value is -3.88. The van der Waals surface area contributed by atoms with Crippen LogP contribution in [0.15, 0.2) is 54.9 Å². The van der Waals surface area contributed by atoms with Crippen LogP contribution in [-0.4, -0.2) is 27.4 Å². The van der Waals surface area contributed by atoms with Crippen molar-refractivity contribution in [1.82, 2.24) is 20.3 Å². The fraction of sp³-hybridized carbons (Fsp3) is 0.296. The topological polar surface area (TPSA) is 73.9 Å². The SMILES string of the molecule is O=C(NCc1cccc(C(F)(F)F)c1)C1CCc2[nH]c3ncnc(N4CCc5ccccc54)c3c2C1. The molecule has 6 nitrogen and oxygen atoms in total. The third-order valence-corrected chi connectivity index (χ3v) is 7.19. The van der Waals surface area contributed by atoms with E-state index in [2.05, 4.69) is 37.3 Å². The molecular formula is C27H24F3N5O. The van der Waals surface area contributed by atoms with Crippen LogP contribution >= 0.6 is 0 Å². The molecule has 4 aromatic rings. The van der Waals surface area contributed by atoms with Crippen LogP contribution in [0.3, 0.4) is 0 Å². The van der Waals surface area contributed by atoms with Crippen LogP contribution in [-0.2, 0) is 36.8 Å². The second kappa shape index (κ2) is 8.65. The average molecular weight is 492 g/mol. The van der Waals surface area contributed by atoms with Gasteiger partial charge in [-0.1, -0.05) is 30.3 Å². The monoisotopic (exact) mass is 491 g/mol. The summed E-state index contributed by atoms with van der Waals surface area (Å²) in [5.41, 5.74) is 5.01. The van der Waals surface area contributed by atoms with Crippen molar-refractivity contribution in [2.24, 2.45) is 5.92 Å². The summed E-state index contributed by atoms with van der Waals surface area (Å²) in [5.74, 6) is 0.408. The highest BCUT2D eigenvalue weighted by molar-refractivity contribution is 5.95. The summed E-state index contributed by atoms with van der Waals surface area (Å²) >= 11 is 0. The Labute approximate surface area is 205 Å². The van der Waals surface area contributed by atoms with Gasteiger partial charge in [-0.2, -0.15) is 13.2 Å². The van der Waals surface area contributed by atoms with Gasteiger partial charge in [0.05, 0.1) is 10.9 Å². The second-order valence-corrected chi connectivity index (χ2v) is 9.39. The molecule has 0 saturated heterocycles. The van der Waals surface area contributed by atoms with E-state index in [4.69, 9.17) is 0 Å². The highest BCUT2D eigenvalue weighted by Crippen LogP contribution is 2.40. The number of para-hydroxylation sites is 1. The van der Waals surface area contributed by atoms with Crippen LogP contribution < -0.4 is 10.2 Å². The van der Waals surface area contributed by atoms with Gasteiger partial charge in [0.15, 0.2) is 0 Å². The van der Waals surface area contributed by atoms with Crippen LogP contribution in [0.4, 0.5) is 24.7 Å². The van der Waals surface area contributed by atoms with Crippen molar-refractivity contribution in [3.63, 3.8) is 0 Å². The molecule has 2 aliphatic rings. The van der Waals surface area contributed by atoms with E-state index in [1.807, 2.05) is 12.1 Å². The number of halogens is 3. The molecular weight excluding hydrogens is 467 g/mol. The van der Waals surface area contributed by atoms with E-state index in [-0.39, 0.29) is 18.4 Å². The summed E-state index contributed by atoms with van der Waals surface area (Å²) in [6.07, 6.45) is -0.0219. The molecule has 36 heavy (non-hydrogen) atoms. The Morgan fingerprint density at radius 2 is 1.97 bits per heavy atom. The second-order valence-electron chi connectivity index (χ2n) is 9.39. The number of anilines is 2. The van der Waals surface area contributed by atoms with Crippen LogP contribution in [0.25, 0.3) is 11.0 Å². The molecule has 1 aliphatic carbocycles. The zero-order valence-electron chi connectivity index (χ0n) is 19.4. The number of hydrogen-bond donors (Lipinski definition) is 2. The fourth-order valence-electron chi connectivity index (χ4n) is 5.40. The molecule has 9 heteroatoms. The Morgan fingerprint density at radius 3 is 2.83 bits per heavy atom. The number of alkyl halides is 3. The zero-order valence-corrected chi connectivity index (χ0v) is 19.4. The first-order valence-corrected chi connectivity index (χ1v) is 12.0. The number of nitrogens with one attached hydrogen (secondary N) is 2. The Balaban J connectivity index is 1.24. The minimum absolute atomic E-state index is 0.0545. The lowest BCUT2D eigenvalue weighted by Gasteiger charge is -2.23. The number of aromatic nitrogens is 3. The van der Waals surface area contributed by atoms with Gasteiger partial charge in [-0.05, 0) is 60.6 Å². The van der Waals surface area contributed by atoms with Crippen LogP contribution in [0.1, 0.15) is 34.4 Å². The lowest BCUT2D eigenvalue weighted by molar-refractivity contribution is -0.137. The van der Waals surface area contributed by atoms with Gasteiger partial charge in [0, 0.05) is 30.4 Å². The van der Waals surface area contributed by atoms with Crippen molar-refractivity contribution in [2.45, 2.75) is 38.4 Å². The number of rotatable bonds is 4. The third kappa shape index (κ3) is 3.98. The number of nitrogens with zero attached hydrogens (tertiary/aromatic N) is 3. The average Bonchev–Trinajstić information content (AvgIpc) is 3.48. The third-order valence-electron chi connectivity index (χ3n) is 7.19. The largest absolute Gasteiger partial charge is 0.416 e. The molecule has 6 rings (SSSR count). The Kier molecular flexibility index (Phi) is 5.43. The molecule has 0 spiro atoms. The van der Waals surface area contributed by atoms with Crippen LogP contribution in [0, 0.1) is 5.92 Å². The number of H-pyrrole nitrogens is 1. The fourth-order valence-corrected chi connectivity index (χ4v) is 5.40. The minimum atomic E-state index is -4.41. The van der Waals surface area contributed by atoms with Crippen molar-refractivity contribution < 1.29 is 18.0 Å². The van der Waals surface area contributed by atoms with Crippen molar-refractivity contribution >= 4 is 28.4 Å². The molecule has 184 valence electrons. The van der Waals surface area contributed by atoms with E-state index in [0.717, 1.165) is 58.9 Å². The van der Waals surface area contributed by atoms with Gasteiger partial charge >= 0.3 is 6.18 Å². The van der Waals surface area contributed by atoms with Crippen molar-refractivity contribution in [3.8, 4) is 0 Å². The molecule has 3 heterocycles. The minimum Gasteiger partial charge on any atom is -0.352 e. The smallest absolute Gasteiger partial charge is 0.352 e. The molecule has 2 aromatic heterocycles. The molecule has 1 aliphatic heterocycles. The molecule has 0 radical (unpaired) electrons. The van der Waals surface area contributed by atoms with E-state index in [1.54, 1.807) is 12.4 Å². The predicted octanol–water partition coefficient (Wildman–Crippen LogP) is 5.09. The van der Waals surface area contributed by atoms with E-state index >= 15 is 0 Å². The summed E-state index contributed by atoms with van der Waals surface area (Å²) in [6.45, 7) is 0.880. The first-order valence-electron chi connectivity index (χ1n) is 12.0. The van der Waals surface area contributed by atoms with Crippen molar-refractivity contribution in [3.05, 3.63) is 82.8 Å². The van der Waals surface area contributed by atoms with Gasteiger partial charge in [-0.25, -0.2) is 9.97 Å². The quantitative estimate of drug-likeness (QED) is 0.417. The van der Waals surface area contributed by atoms with E-state index in [0.29, 0.717) is 24.8 Å². The highest BCUT2D eigenvalue weighted by atomic mass is 19.4. The van der Waals surface area contributed by atoms with E-state index < -0.39 is 11.7 Å². The normalized spacial score (nSPS) is 17.2. The first-order chi connectivity index (χ1) is 17.4. The molecule has 0 bridgehead atoms. The van der Waals surface area contributed by atoms with Crippen LogP contribution in [0.2, 0.25) is 0 Å². The number of carbonyl (C=O) groups excluding carboxylic acids is 1. The van der Waals surface area contributed by atoms with Gasteiger partial charge in [-0.3, -0.25) is 4.79 Å². The Bertz CT molecular complexity index is 1460. The molecule has 1 atom stereocenters. The van der Waals surface area contributed by atoms with Crippen molar-refractivity contribution in [2.75, 3.05) is 11.4 Å². The number of aromatic amines is 1. The maximum atomic E-state index is 13.0. The number of aryl methyl sites for hydroxylation is 1. The molecule has 1 unspecified atom stereocenters. The number of hydrogen-bond acceptors (Lipinski definition) is 4. The summed E-state index contributed by atoms with van der Waals surface area (Å²) in [7, 11) is 0. The summed E-state index contributed by atoms with van der Waals surface area (Å²) in [4.78, 5) is 27.8. The maximum Gasteiger partial charge on any atom is 0.416 e. The number of amides is 1. The number of benzene rings is 2. The lowest BCUT2D eigenvalue weighted by Crippen LogP contribution is -2.33. The predicted molar refractivity (Wildman–Crippen MR) is 130 cm³/mol. The molecule has 1 amide bonds. The van der Waals surface area contributed by atoms with Crippen molar-refractivity contribution in [1.29, 1.82) is 0 Å². The summed E-state index contributed by atoms with van der Waals surface area (Å²) in [6, 6.07) is 13.3. The number of fused-ring (bicyclic) bond motifs is 4. The molecule has 2 aromatic carbocycles. The van der Waals surface area contributed by atoms with Gasteiger partial charge in [0.1, 0.15) is 17.8 Å². The van der Waals surface area contributed by atoms with E-state index in [9.17, 15) is 18.0 Å². The zero-order chi connectivity index (χ0) is 24.9. The number of carbonyl (C=O) groups is 1. The molecule has 0 fully saturated rings. The van der Waals surface area contributed by atoms with Gasteiger partial charge in [0.25, 0.3) is 0 Å². The Morgan fingerprint density at radius 1 is 1.11 bits per heavy atom. The van der Waals surface area contributed by atoms with Gasteiger partial charge in [-0.15, -0.1) is 0 Å². The maximum absolute atomic E-state index is 13.0. The van der Waals surface area contributed by atoms with Crippen LogP contribution in [0.5, 0.6) is 0 Å². The molecule has 0 saturated carbocycles. The van der Waals surface area contributed by atoms with Gasteiger partial charge < -0.3 is 15.2 Å². The summed E-state index contributed by atoms with van der Waals surface area (Å²) < 4.78 is 39.1. The standard InChI is InChI=1S/C27H24F3N5O/c28-27(29,30)19-6-3-4-16(12-19)14-31-26(36)18-8-9-21-20(13-18)23-24(34-21)32-15-33-25(23)35-11-10-17-5-1-2-7-22(17)35/h1-7,12,15,18H,8-11,13-14H2,(H,31,36)(H,32,33,34). The summed E-state index contributed by atoms with van der Waals surface area (Å²) in [5, 5.41) is 3.79.